The van der Waals surface area contributed by atoms with Crippen molar-refractivity contribution in [3.63, 3.8) is 0 Å². The minimum absolute atomic E-state index is 0.0342. The van der Waals surface area contributed by atoms with Crippen molar-refractivity contribution >= 4 is 17.7 Å². The largest absolute Gasteiger partial charge is 0.466 e. The number of rotatable bonds is 4. The fraction of sp³-hybridized carbons (Fsp3) is 0.833. The molecule has 2 atom stereocenters. The standard InChI is InChI=1S/C10H16O4.C8H12O3/c1-2-12-9(11)8-3-4-10(7-8)13-5-6-14-10;1-2-11-8(10)6-3-4-7(9)5-6/h8H,2-7H2,1H3;6H,2-5H2,1H3. The molecule has 0 N–H and O–H groups in total. The molecule has 1 aliphatic heterocycles. The van der Waals surface area contributed by atoms with Crippen molar-refractivity contribution in [1.29, 1.82) is 0 Å². The monoisotopic (exact) mass is 356 g/mol. The summed E-state index contributed by atoms with van der Waals surface area (Å²) in [6.45, 7) is 5.75. The molecule has 0 amide bonds. The Hall–Kier alpha value is -1.47. The van der Waals surface area contributed by atoms with Crippen LogP contribution in [0.1, 0.15) is 52.4 Å². The van der Waals surface area contributed by atoms with Gasteiger partial charge in [0.15, 0.2) is 5.79 Å². The first-order valence-corrected chi connectivity index (χ1v) is 9.12. The topological polar surface area (TPSA) is 88.1 Å². The zero-order valence-corrected chi connectivity index (χ0v) is 15.1. The number of hydrogen-bond donors (Lipinski definition) is 0. The van der Waals surface area contributed by atoms with Crippen molar-refractivity contribution in [2.24, 2.45) is 11.8 Å². The molecule has 3 fully saturated rings. The Bertz CT molecular complexity index is 482. The molecular weight excluding hydrogens is 328 g/mol. The molecule has 0 aromatic heterocycles. The second-order valence-electron chi connectivity index (χ2n) is 6.53. The minimum Gasteiger partial charge on any atom is -0.466 e. The van der Waals surface area contributed by atoms with Crippen LogP contribution in [-0.4, -0.2) is 49.9 Å². The predicted octanol–water partition coefficient (Wildman–Crippen LogP) is 2.01. The van der Waals surface area contributed by atoms with Gasteiger partial charge in [0, 0.05) is 25.7 Å². The summed E-state index contributed by atoms with van der Waals surface area (Å²) in [4.78, 5) is 33.2. The van der Waals surface area contributed by atoms with Crippen LogP contribution in [0.4, 0.5) is 0 Å². The molecule has 0 bridgehead atoms. The smallest absolute Gasteiger partial charge is 0.309 e. The van der Waals surface area contributed by atoms with Crippen LogP contribution in [-0.2, 0) is 33.3 Å². The summed E-state index contributed by atoms with van der Waals surface area (Å²) >= 11 is 0. The van der Waals surface area contributed by atoms with E-state index in [0.717, 1.165) is 12.8 Å². The highest BCUT2D eigenvalue weighted by Gasteiger charge is 2.46. The lowest BCUT2D eigenvalue weighted by Crippen LogP contribution is -2.27. The van der Waals surface area contributed by atoms with E-state index in [0.29, 0.717) is 52.1 Å². The van der Waals surface area contributed by atoms with Gasteiger partial charge >= 0.3 is 11.9 Å². The number of carbonyl (C=O) groups is 3. The second-order valence-corrected chi connectivity index (χ2v) is 6.53. The van der Waals surface area contributed by atoms with Crippen LogP contribution in [0.25, 0.3) is 0 Å². The van der Waals surface area contributed by atoms with Crippen molar-refractivity contribution in [1.82, 2.24) is 0 Å². The van der Waals surface area contributed by atoms with Gasteiger partial charge in [0.05, 0.1) is 38.3 Å². The number of hydrogen-bond acceptors (Lipinski definition) is 7. The Kier molecular flexibility index (Phi) is 7.38. The van der Waals surface area contributed by atoms with E-state index in [9.17, 15) is 14.4 Å². The molecule has 2 unspecified atom stereocenters. The van der Waals surface area contributed by atoms with Crippen LogP contribution in [0.15, 0.2) is 0 Å². The molecule has 3 rings (SSSR count). The highest BCUT2D eigenvalue weighted by Crippen LogP contribution is 2.41. The average Bonchev–Trinajstić information content (AvgIpc) is 3.32. The summed E-state index contributed by atoms with van der Waals surface area (Å²) < 4.78 is 20.8. The van der Waals surface area contributed by atoms with Crippen LogP contribution < -0.4 is 0 Å². The van der Waals surface area contributed by atoms with Gasteiger partial charge in [0.25, 0.3) is 0 Å². The van der Waals surface area contributed by atoms with Gasteiger partial charge in [-0.25, -0.2) is 0 Å². The van der Waals surface area contributed by atoms with E-state index in [2.05, 4.69) is 0 Å². The highest BCUT2D eigenvalue weighted by atomic mass is 16.7. The van der Waals surface area contributed by atoms with Crippen LogP contribution in [0.2, 0.25) is 0 Å². The Balaban J connectivity index is 0.000000186. The fourth-order valence-electron chi connectivity index (χ4n) is 3.47. The summed E-state index contributed by atoms with van der Waals surface area (Å²) in [7, 11) is 0. The van der Waals surface area contributed by atoms with Gasteiger partial charge in [0.2, 0.25) is 0 Å². The maximum atomic E-state index is 11.5. The van der Waals surface area contributed by atoms with Gasteiger partial charge in [0.1, 0.15) is 5.78 Å². The zero-order valence-electron chi connectivity index (χ0n) is 15.1. The molecule has 0 aromatic rings. The zero-order chi connectivity index (χ0) is 18.3. The first-order valence-electron chi connectivity index (χ1n) is 9.12. The first-order chi connectivity index (χ1) is 12.0. The van der Waals surface area contributed by atoms with Gasteiger partial charge in [-0.05, 0) is 26.7 Å². The number of esters is 2. The Morgan fingerprint density at radius 1 is 1.04 bits per heavy atom. The molecule has 3 aliphatic rings. The van der Waals surface area contributed by atoms with Gasteiger partial charge < -0.3 is 18.9 Å². The Morgan fingerprint density at radius 3 is 2.16 bits per heavy atom. The third kappa shape index (κ3) is 5.51. The van der Waals surface area contributed by atoms with Crippen molar-refractivity contribution in [2.45, 2.75) is 58.2 Å². The van der Waals surface area contributed by atoms with Crippen molar-refractivity contribution in [3.05, 3.63) is 0 Å². The van der Waals surface area contributed by atoms with E-state index in [4.69, 9.17) is 18.9 Å². The molecule has 2 aliphatic carbocycles. The van der Waals surface area contributed by atoms with Crippen molar-refractivity contribution < 1.29 is 33.3 Å². The van der Waals surface area contributed by atoms with E-state index >= 15 is 0 Å². The molecule has 142 valence electrons. The van der Waals surface area contributed by atoms with Crippen LogP contribution in [0, 0.1) is 11.8 Å². The summed E-state index contributed by atoms with van der Waals surface area (Å²) in [5, 5.41) is 0. The van der Waals surface area contributed by atoms with Crippen molar-refractivity contribution in [2.75, 3.05) is 26.4 Å². The number of ether oxygens (including phenoxy) is 4. The lowest BCUT2D eigenvalue weighted by atomic mass is 10.1. The van der Waals surface area contributed by atoms with E-state index < -0.39 is 5.79 Å². The number of carbonyl (C=O) groups excluding carboxylic acids is 3. The average molecular weight is 356 g/mol. The molecule has 25 heavy (non-hydrogen) atoms. The van der Waals surface area contributed by atoms with E-state index in [1.165, 1.54) is 0 Å². The third-order valence-corrected chi connectivity index (χ3v) is 4.73. The minimum atomic E-state index is -0.461. The maximum absolute atomic E-state index is 11.5. The summed E-state index contributed by atoms with van der Waals surface area (Å²) in [6, 6.07) is 0. The normalized spacial score (nSPS) is 27.0. The summed E-state index contributed by atoms with van der Waals surface area (Å²) in [5.41, 5.74) is 0. The highest BCUT2D eigenvalue weighted by molar-refractivity contribution is 5.87. The van der Waals surface area contributed by atoms with Crippen LogP contribution >= 0.6 is 0 Å². The molecule has 1 saturated heterocycles. The molecule has 0 aromatic carbocycles. The van der Waals surface area contributed by atoms with Gasteiger partial charge in [-0.3, -0.25) is 14.4 Å². The van der Waals surface area contributed by atoms with E-state index in [1.807, 2.05) is 6.92 Å². The number of ketones is 1. The lowest BCUT2D eigenvalue weighted by Gasteiger charge is -2.20. The van der Waals surface area contributed by atoms with Gasteiger partial charge in [-0.2, -0.15) is 0 Å². The van der Waals surface area contributed by atoms with Gasteiger partial charge in [-0.15, -0.1) is 0 Å². The molecule has 7 heteroatoms. The number of Topliss-reactive ketones (excluding diaryl/α,β-unsaturated/α-hetero) is 1. The molecule has 0 radical (unpaired) electrons. The third-order valence-electron chi connectivity index (χ3n) is 4.73. The molecule has 1 heterocycles. The van der Waals surface area contributed by atoms with E-state index in [1.54, 1.807) is 6.92 Å². The van der Waals surface area contributed by atoms with Crippen LogP contribution in [0.3, 0.4) is 0 Å². The molecule has 1 spiro atoms. The lowest BCUT2D eigenvalue weighted by molar-refractivity contribution is -0.162. The summed E-state index contributed by atoms with van der Waals surface area (Å²) in [6.07, 6.45) is 3.90. The van der Waals surface area contributed by atoms with Gasteiger partial charge in [-0.1, -0.05) is 0 Å². The fourth-order valence-corrected chi connectivity index (χ4v) is 3.47. The first kappa shape index (κ1) is 19.8. The van der Waals surface area contributed by atoms with Crippen LogP contribution in [0.5, 0.6) is 0 Å². The SMILES string of the molecule is CCOC(=O)C1CCC(=O)C1.CCOC(=O)C1CCC2(C1)OCCO2. The molecule has 2 saturated carbocycles. The Morgan fingerprint density at radius 2 is 1.64 bits per heavy atom. The van der Waals surface area contributed by atoms with E-state index in [-0.39, 0.29) is 29.6 Å². The maximum Gasteiger partial charge on any atom is 0.309 e. The van der Waals surface area contributed by atoms with Crippen molar-refractivity contribution in [3.8, 4) is 0 Å². The molecule has 7 nitrogen and oxygen atoms in total. The Labute approximate surface area is 148 Å². The second kappa shape index (κ2) is 9.29. The molecular formula is C18H28O7. The summed E-state index contributed by atoms with van der Waals surface area (Å²) in [5.74, 6) is -0.780. The predicted molar refractivity (Wildman–Crippen MR) is 87.6 cm³/mol. The quantitative estimate of drug-likeness (QED) is 0.712.